The molecule has 0 saturated carbocycles. The van der Waals surface area contributed by atoms with Crippen molar-refractivity contribution >= 4 is 5.91 Å². The monoisotopic (exact) mass is 224 g/mol. The molecule has 0 aliphatic heterocycles. The minimum absolute atomic E-state index is 0.206. The Labute approximate surface area is 96.3 Å². The van der Waals surface area contributed by atoms with Gasteiger partial charge in [0.25, 0.3) is 0 Å². The zero-order chi connectivity index (χ0) is 11.8. The minimum Gasteiger partial charge on any atom is -0.348 e. The molecule has 0 aliphatic rings. The second-order valence-corrected chi connectivity index (χ2v) is 3.53. The van der Waals surface area contributed by atoms with Gasteiger partial charge in [0.2, 0.25) is 5.91 Å². The topological polar surface area (TPSA) is 61.0 Å². The van der Waals surface area contributed by atoms with Crippen molar-refractivity contribution < 1.29 is 4.79 Å². The van der Waals surface area contributed by atoms with E-state index in [0.29, 0.717) is 19.5 Å². The molecule has 1 amide bonds. The van der Waals surface area contributed by atoms with Crippen molar-refractivity contribution in [2.75, 3.05) is 19.6 Å². The first-order valence-electron chi connectivity index (χ1n) is 5.74. The maximum Gasteiger partial charge on any atom is 0.223 e. The zero-order valence-electron chi connectivity index (χ0n) is 9.99. The molecule has 90 valence electrons. The molecule has 0 radical (unpaired) electrons. The van der Waals surface area contributed by atoms with Crippen molar-refractivity contribution in [3.63, 3.8) is 0 Å². The van der Waals surface area contributed by atoms with Crippen LogP contribution in [0.4, 0.5) is 0 Å². The second kappa shape index (κ2) is 7.00. The van der Waals surface area contributed by atoms with Gasteiger partial charge >= 0.3 is 0 Å². The number of aromatic nitrogens is 2. The van der Waals surface area contributed by atoms with Gasteiger partial charge in [-0.1, -0.05) is 0 Å². The standard InChI is InChI=1S/C11H20N4O/c1-3-15(4-2)11(16)5-6-12-9-10-13-7-8-14-10/h7-8,12H,3-6,9H2,1-2H3,(H,13,14). The van der Waals surface area contributed by atoms with Crippen LogP contribution in [-0.2, 0) is 11.3 Å². The number of aromatic amines is 1. The Morgan fingerprint density at radius 2 is 2.25 bits per heavy atom. The lowest BCUT2D eigenvalue weighted by Crippen LogP contribution is -2.32. The first kappa shape index (κ1) is 12.7. The van der Waals surface area contributed by atoms with Gasteiger partial charge in [0, 0.05) is 38.4 Å². The highest BCUT2D eigenvalue weighted by Crippen LogP contribution is 1.93. The Bertz CT molecular complexity index is 293. The molecule has 0 atom stereocenters. The molecule has 5 nitrogen and oxygen atoms in total. The summed E-state index contributed by atoms with van der Waals surface area (Å²) in [4.78, 5) is 20.6. The number of nitrogens with one attached hydrogen (secondary N) is 2. The molecule has 0 spiro atoms. The van der Waals surface area contributed by atoms with E-state index in [2.05, 4.69) is 15.3 Å². The van der Waals surface area contributed by atoms with E-state index in [4.69, 9.17) is 0 Å². The van der Waals surface area contributed by atoms with E-state index < -0.39 is 0 Å². The first-order chi connectivity index (χ1) is 7.77. The van der Waals surface area contributed by atoms with Gasteiger partial charge in [0.1, 0.15) is 5.82 Å². The Kier molecular flexibility index (Phi) is 5.56. The number of nitrogens with zero attached hydrogens (tertiary/aromatic N) is 2. The maximum atomic E-state index is 11.6. The van der Waals surface area contributed by atoms with Crippen molar-refractivity contribution in [2.24, 2.45) is 0 Å². The van der Waals surface area contributed by atoms with Crippen molar-refractivity contribution in [3.8, 4) is 0 Å². The summed E-state index contributed by atoms with van der Waals surface area (Å²) >= 11 is 0. The van der Waals surface area contributed by atoms with Gasteiger partial charge in [0.05, 0.1) is 6.54 Å². The predicted molar refractivity (Wildman–Crippen MR) is 62.8 cm³/mol. The van der Waals surface area contributed by atoms with E-state index in [-0.39, 0.29) is 5.91 Å². The molecule has 1 aromatic heterocycles. The number of H-pyrrole nitrogens is 1. The fourth-order valence-corrected chi connectivity index (χ4v) is 1.53. The highest BCUT2D eigenvalue weighted by atomic mass is 16.2. The Hall–Kier alpha value is -1.36. The smallest absolute Gasteiger partial charge is 0.223 e. The van der Waals surface area contributed by atoms with Crippen LogP contribution in [0.5, 0.6) is 0 Å². The number of carbonyl (C=O) groups excluding carboxylic acids is 1. The van der Waals surface area contributed by atoms with Gasteiger partial charge in [-0.2, -0.15) is 0 Å². The van der Waals surface area contributed by atoms with E-state index >= 15 is 0 Å². The Morgan fingerprint density at radius 3 is 2.81 bits per heavy atom. The van der Waals surface area contributed by atoms with Crippen LogP contribution in [0.15, 0.2) is 12.4 Å². The fourth-order valence-electron chi connectivity index (χ4n) is 1.53. The lowest BCUT2D eigenvalue weighted by molar-refractivity contribution is -0.130. The summed E-state index contributed by atoms with van der Waals surface area (Å²) in [6, 6.07) is 0. The number of hydrogen-bond donors (Lipinski definition) is 2. The Morgan fingerprint density at radius 1 is 1.50 bits per heavy atom. The van der Waals surface area contributed by atoms with Crippen LogP contribution in [0.3, 0.4) is 0 Å². The number of carbonyl (C=O) groups is 1. The molecule has 0 bridgehead atoms. The summed E-state index contributed by atoms with van der Waals surface area (Å²) < 4.78 is 0. The summed E-state index contributed by atoms with van der Waals surface area (Å²) in [5.74, 6) is 1.10. The summed E-state index contributed by atoms with van der Waals surface area (Å²) in [5.41, 5.74) is 0. The van der Waals surface area contributed by atoms with Crippen LogP contribution < -0.4 is 5.32 Å². The molecule has 5 heteroatoms. The van der Waals surface area contributed by atoms with E-state index in [1.807, 2.05) is 18.7 Å². The molecule has 0 unspecified atom stereocenters. The third-order valence-electron chi connectivity index (χ3n) is 2.48. The third-order valence-corrected chi connectivity index (χ3v) is 2.48. The van der Waals surface area contributed by atoms with Crippen molar-refractivity contribution in [3.05, 3.63) is 18.2 Å². The molecule has 2 N–H and O–H groups in total. The second-order valence-electron chi connectivity index (χ2n) is 3.53. The number of rotatable bonds is 7. The van der Waals surface area contributed by atoms with Gasteiger partial charge in [-0.25, -0.2) is 4.98 Å². The van der Waals surface area contributed by atoms with Gasteiger partial charge < -0.3 is 15.2 Å². The van der Waals surface area contributed by atoms with Crippen molar-refractivity contribution in [1.82, 2.24) is 20.2 Å². The summed E-state index contributed by atoms with van der Waals surface area (Å²) in [6.45, 7) is 6.94. The Balaban J connectivity index is 2.13. The molecule has 0 aromatic carbocycles. The predicted octanol–water partition coefficient (Wildman–Crippen LogP) is 0.758. The minimum atomic E-state index is 0.206. The van der Waals surface area contributed by atoms with Gasteiger partial charge in [-0.05, 0) is 13.8 Å². The van der Waals surface area contributed by atoms with Crippen molar-refractivity contribution in [1.29, 1.82) is 0 Å². The van der Waals surface area contributed by atoms with Gasteiger partial charge in [0.15, 0.2) is 0 Å². The van der Waals surface area contributed by atoms with E-state index in [0.717, 1.165) is 18.9 Å². The molecule has 0 saturated heterocycles. The van der Waals surface area contributed by atoms with Crippen LogP contribution >= 0.6 is 0 Å². The van der Waals surface area contributed by atoms with E-state index in [1.165, 1.54) is 0 Å². The highest BCUT2D eigenvalue weighted by molar-refractivity contribution is 5.76. The molecule has 1 heterocycles. The molecule has 0 aliphatic carbocycles. The molecule has 16 heavy (non-hydrogen) atoms. The first-order valence-corrected chi connectivity index (χ1v) is 5.74. The normalized spacial score (nSPS) is 10.4. The average molecular weight is 224 g/mol. The summed E-state index contributed by atoms with van der Waals surface area (Å²) in [7, 11) is 0. The average Bonchev–Trinajstić information content (AvgIpc) is 2.79. The quantitative estimate of drug-likeness (QED) is 0.672. The highest BCUT2D eigenvalue weighted by Gasteiger charge is 2.08. The number of imidazole rings is 1. The van der Waals surface area contributed by atoms with E-state index in [1.54, 1.807) is 12.4 Å². The number of hydrogen-bond acceptors (Lipinski definition) is 3. The molecule has 1 rings (SSSR count). The molecular weight excluding hydrogens is 204 g/mol. The molecule has 1 aromatic rings. The van der Waals surface area contributed by atoms with Crippen LogP contribution in [0.2, 0.25) is 0 Å². The largest absolute Gasteiger partial charge is 0.348 e. The number of amides is 1. The van der Waals surface area contributed by atoms with Crippen molar-refractivity contribution in [2.45, 2.75) is 26.8 Å². The lowest BCUT2D eigenvalue weighted by atomic mass is 10.3. The van der Waals surface area contributed by atoms with Crippen LogP contribution in [0.1, 0.15) is 26.1 Å². The maximum absolute atomic E-state index is 11.6. The third kappa shape index (κ3) is 4.02. The van der Waals surface area contributed by atoms with Crippen LogP contribution in [0.25, 0.3) is 0 Å². The van der Waals surface area contributed by atoms with Gasteiger partial charge in [-0.3, -0.25) is 4.79 Å². The lowest BCUT2D eigenvalue weighted by Gasteiger charge is -2.18. The van der Waals surface area contributed by atoms with Crippen LogP contribution in [-0.4, -0.2) is 40.4 Å². The summed E-state index contributed by atoms with van der Waals surface area (Å²) in [6.07, 6.45) is 4.05. The molecule has 0 fully saturated rings. The SMILES string of the molecule is CCN(CC)C(=O)CCNCc1ncc[nH]1. The van der Waals surface area contributed by atoms with E-state index in [9.17, 15) is 4.79 Å². The van der Waals surface area contributed by atoms with Crippen LogP contribution in [0, 0.1) is 0 Å². The molecular formula is C11H20N4O. The van der Waals surface area contributed by atoms with Gasteiger partial charge in [-0.15, -0.1) is 0 Å². The summed E-state index contributed by atoms with van der Waals surface area (Å²) in [5, 5.41) is 3.18. The fraction of sp³-hybridized carbons (Fsp3) is 0.636. The zero-order valence-corrected chi connectivity index (χ0v) is 9.99.